The highest BCUT2D eigenvalue weighted by atomic mass is 19.4. The Bertz CT molecular complexity index is 1570. The van der Waals surface area contributed by atoms with Crippen molar-refractivity contribution >= 4 is 22.9 Å². The fourth-order valence-corrected chi connectivity index (χ4v) is 4.98. The molecule has 202 valence electrons. The zero-order chi connectivity index (χ0) is 27.3. The number of anilines is 1. The number of halogens is 4. The molecule has 4 aromatic rings. The molecule has 8 nitrogen and oxygen atoms in total. The van der Waals surface area contributed by atoms with Crippen LogP contribution in [0.25, 0.3) is 28.2 Å². The number of amides is 1. The zero-order valence-electron chi connectivity index (χ0n) is 20.6. The Morgan fingerprint density at radius 3 is 2.64 bits per heavy atom. The number of hydrogen-bond donors (Lipinski definition) is 2. The van der Waals surface area contributed by atoms with Gasteiger partial charge in [-0.2, -0.15) is 18.2 Å². The predicted molar refractivity (Wildman–Crippen MR) is 135 cm³/mol. The van der Waals surface area contributed by atoms with Gasteiger partial charge in [-0.3, -0.25) is 9.36 Å². The molecule has 39 heavy (non-hydrogen) atoms. The van der Waals surface area contributed by atoms with Crippen molar-refractivity contribution < 1.29 is 27.5 Å². The smallest absolute Gasteiger partial charge is 0.419 e. The van der Waals surface area contributed by atoms with Gasteiger partial charge in [0.2, 0.25) is 11.9 Å². The number of alkyl halides is 3. The summed E-state index contributed by atoms with van der Waals surface area (Å²) in [5.41, 5.74) is -0.593. The Kier molecular flexibility index (Phi) is 6.12. The van der Waals surface area contributed by atoms with Crippen molar-refractivity contribution in [1.29, 1.82) is 0 Å². The number of piperidine rings is 1. The van der Waals surface area contributed by atoms with Gasteiger partial charge in [0.1, 0.15) is 23.2 Å². The topological polar surface area (TPSA) is 96.2 Å². The van der Waals surface area contributed by atoms with Crippen LogP contribution < -0.4 is 5.32 Å². The average molecular weight is 541 g/mol. The van der Waals surface area contributed by atoms with Gasteiger partial charge in [0.05, 0.1) is 16.6 Å². The van der Waals surface area contributed by atoms with Crippen LogP contribution in [-0.2, 0) is 11.0 Å². The molecule has 2 N–H and O–H groups in total. The molecule has 3 heterocycles. The van der Waals surface area contributed by atoms with Gasteiger partial charge in [-0.15, -0.1) is 0 Å². The summed E-state index contributed by atoms with van der Waals surface area (Å²) in [6.07, 6.45) is 0.158. The van der Waals surface area contributed by atoms with E-state index in [1.807, 2.05) is 4.90 Å². The number of imidazole rings is 1. The van der Waals surface area contributed by atoms with Gasteiger partial charge in [0, 0.05) is 42.9 Å². The van der Waals surface area contributed by atoms with E-state index in [2.05, 4.69) is 20.3 Å². The van der Waals surface area contributed by atoms with Crippen molar-refractivity contribution in [2.45, 2.75) is 37.9 Å². The zero-order valence-corrected chi connectivity index (χ0v) is 20.6. The van der Waals surface area contributed by atoms with Gasteiger partial charge in [-0.1, -0.05) is 0 Å². The molecule has 1 atom stereocenters. The summed E-state index contributed by atoms with van der Waals surface area (Å²) in [7, 11) is 0. The molecule has 1 aliphatic carbocycles. The molecule has 1 saturated heterocycles. The second-order valence-corrected chi connectivity index (χ2v) is 9.92. The number of carbonyl (C=O) groups excluding carboxylic acids is 1. The number of rotatable bonds is 5. The highest BCUT2D eigenvalue weighted by Gasteiger charge is 2.36. The maximum Gasteiger partial charge on any atom is 0.419 e. The van der Waals surface area contributed by atoms with E-state index in [1.54, 1.807) is 6.07 Å². The third kappa shape index (κ3) is 4.98. The van der Waals surface area contributed by atoms with E-state index in [-0.39, 0.29) is 46.8 Å². The lowest BCUT2D eigenvalue weighted by atomic mass is 10.1. The van der Waals surface area contributed by atoms with E-state index in [4.69, 9.17) is 0 Å². The number of fused-ring (bicyclic) bond motifs is 1. The molecule has 2 aliphatic rings. The fourth-order valence-electron chi connectivity index (χ4n) is 4.98. The minimum Gasteiger partial charge on any atom is -0.508 e. The molecule has 0 bridgehead atoms. The van der Waals surface area contributed by atoms with Crippen molar-refractivity contribution in [2.75, 3.05) is 18.4 Å². The number of aromatic nitrogens is 4. The van der Waals surface area contributed by atoms with Gasteiger partial charge in [-0.05, 0) is 62.1 Å². The van der Waals surface area contributed by atoms with Crippen LogP contribution >= 0.6 is 0 Å². The number of likely N-dealkylation sites (tertiary alicyclic amines) is 1. The molecular formula is C27H24F4N6O2. The van der Waals surface area contributed by atoms with Gasteiger partial charge in [0.15, 0.2) is 0 Å². The van der Waals surface area contributed by atoms with Gasteiger partial charge in [-0.25, -0.2) is 14.4 Å². The van der Waals surface area contributed by atoms with Crippen LogP contribution in [0, 0.1) is 11.7 Å². The maximum absolute atomic E-state index is 14.0. The summed E-state index contributed by atoms with van der Waals surface area (Å²) in [6, 6.07) is 8.56. The van der Waals surface area contributed by atoms with Crippen LogP contribution in [0.15, 0.2) is 48.7 Å². The monoisotopic (exact) mass is 540 g/mol. The Hall–Kier alpha value is -4.22. The van der Waals surface area contributed by atoms with Gasteiger partial charge in [0.25, 0.3) is 0 Å². The normalized spacial score (nSPS) is 17.9. The van der Waals surface area contributed by atoms with Gasteiger partial charge >= 0.3 is 6.18 Å². The molecule has 0 radical (unpaired) electrons. The molecule has 2 fully saturated rings. The van der Waals surface area contributed by atoms with Crippen LogP contribution in [0.2, 0.25) is 0 Å². The van der Waals surface area contributed by atoms with Gasteiger partial charge < -0.3 is 15.3 Å². The van der Waals surface area contributed by atoms with Crippen LogP contribution in [0.1, 0.15) is 31.2 Å². The summed E-state index contributed by atoms with van der Waals surface area (Å²) < 4.78 is 55.9. The van der Waals surface area contributed by atoms with Crippen LogP contribution in [0.4, 0.5) is 23.5 Å². The van der Waals surface area contributed by atoms with Crippen molar-refractivity contribution in [3.63, 3.8) is 0 Å². The second kappa shape index (κ2) is 9.51. The first-order valence-corrected chi connectivity index (χ1v) is 12.6. The fraction of sp³-hybridized carbons (Fsp3) is 0.333. The summed E-state index contributed by atoms with van der Waals surface area (Å²) in [5.74, 6) is -0.483. The number of phenols is 1. The van der Waals surface area contributed by atoms with E-state index in [9.17, 15) is 27.5 Å². The molecule has 0 spiro atoms. The first-order valence-electron chi connectivity index (χ1n) is 12.6. The lowest BCUT2D eigenvalue weighted by molar-refractivity contribution is -0.140. The van der Waals surface area contributed by atoms with E-state index in [1.165, 1.54) is 35.0 Å². The summed E-state index contributed by atoms with van der Waals surface area (Å²) in [4.78, 5) is 27.8. The number of nitrogens with zero attached hydrogens (tertiary/aromatic N) is 5. The quantitative estimate of drug-likeness (QED) is 0.340. The number of hydrogen-bond acceptors (Lipinski definition) is 6. The molecule has 1 saturated carbocycles. The Balaban J connectivity index is 1.38. The molecule has 6 rings (SSSR count). The highest BCUT2D eigenvalue weighted by molar-refractivity contribution is 5.84. The first kappa shape index (κ1) is 25.1. The summed E-state index contributed by atoms with van der Waals surface area (Å²) >= 11 is 0. The predicted octanol–water partition coefficient (Wildman–Crippen LogP) is 5.16. The third-order valence-electron chi connectivity index (χ3n) is 7.03. The molecular weight excluding hydrogens is 516 g/mol. The van der Waals surface area contributed by atoms with Crippen molar-refractivity contribution in [2.24, 2.45) is 5.92 Å². The molecule has 2 aromatic heterocycles. The van der Waals surface area contributed by atoms with Crippen molar-refractivity contribution in [3.8, 4) is 23.0 Å². The Morgan fingerprint density at radius 2 is 1.87 bits per heavy atom. The number of nitrogens with one attached hydrogen (secondary N) is 1. The Morgan fingerprint density at radius 1 is 1.05 bits per heavy atom. The second-order valence-electron chi connectivity index (χ2n) is 9.92. The van der Waals surface area contributed by atoms with E-state index >= 15 is 0 Å². The number of benzene rings is 2. The molecule has 2 aromatic carbocycles. The van der Waals surface area contributed by atoms with Crippen molar-refractivity contribution in [1.82, 2.24) is 24.4 Å². The van der Waals surface area contributed by atoms with Crippen LogP contribution in [0.3, 0.4) is 0 Å². The minimum atomic E-state index is -4.89. The molecule has 1 unspecified atom stereocenters. The summed E-state index contributed by atoms with van der Waals surface area (Å²) in [6.45, 7) is 1.26. The van der Waals surface area contributed by atoms with E-state index in [0.29, 0.717) is 23.6 Å². The number of phenolic OH excluding ortho intramolecular Hbond substituents is 1. The highest BCUT2D eigenvalue weighted by Crippen LogP contribution is 2.36. The largest absolute Gasteiger partial charge is 0.508 e. The van der Waals surface area contributed by atoms with Crippen molar-refractivity contribution in [3.05, 3.63) is 60.0 Å². The lowest BCUT2D eigenvalue weighted by Crippen LogP contribution is -2.45. The Labute approximate surface area is 220 Å². The standard InChI is InChI=1S/C27H24F4N6O2/c28-20-7-5-16(12-19(20)27(29,30)31)24-34-21-8-6-18(38)13-22(21)37(24)23-9-10-32-26(35-23)33-17-2-1-11-36(14-17)25(39)15-3-4-15/h5-10,12-13,15,17,38H,1-4,11,14H2,(H,32,33,35). The first-order chi connectivity index (χ1) is 18.7. The SMILES string of the molecule is O=C(C1CC1)N1CCCC(Nc2nccc(-n3c(-c4ccc(F)c(C(F)(F)F)c4)nc4ccc(O)cc43)n2)C1. The molecule has 12 heteroatoms. The molecule has 1 amide bonds. The van der Waals surface area contributed by atoms with Crippen LogP contribution in [0.5, 0.6) is 5.75 Å². The molecule has 1 aliphatic heterocycles. The van der Waals surface area contributed by atoms with E-state index < -0.39 is 17.6 Å². The summed E-state index contributed by atoms with van der Waals surface area (Å²) in [5, 5.41) is 13.4. The number of aromatic hydroxyl groups is 1. The number of carbonyl (C=O) groups is 1. The van der Waals surface area contributed by atoms with Crippen LogP contribution in [-0.4, -0.2) is 54.6 Å². The average Bonchev–Trinajstić information content (AvgIpc) is 3.69. The lowest BCUT2D eigenvalue weighted by Gasteiger charge is -2.33. The third-order valence-corrected chi connectivity index (χ3v) is 7.03. The maximum atomic E-state index is 14.0. The van der Waals surface area contributed by atoms with E-state index in [0.717, 1.165) is 38.3 Å². The minimum absolute atomic E-state index is 0.0223.